The zero-order valence-electron chi connectivity index (χ0n) is 9.03. The van der Waals surface area contributed by atoms with Gasteiger partial charge in [0.1, 0.15) is 5.56 Å². The molecule has 2 rings (SSSR count). The molecule has 5 heteroatoms. The van der Waals surface area contributed by atoms with E-state index in [9.17, 15) is 9.59 Å². The number of nitrogens with one attached hydrogen (secondary N) is 2. The Morgan fingerprint density at radius 2 is 2.06 bits per heavy atom. The van der Waals surface area contributed by atoms with E-state index >= 15 is 0 Å². The van der Waals surface area contributed by atoms with Gasteiger partial charge in [-0.1, -0.05) is 6.42 Å². The molecule has 0 unspecified atom stereocenters. The van der Waals surface area contributed by atoms with Crippen molar-refractivity contribution in [1.82, 2.24) is 15.4 Å². The van der Waals surface area contributed by atoms with Crippen LogP contribution in [0, 0.1) is 0 Å². The minimum absolute atomic E-state index is 0.160. The van der Waals surface area contributed by atoms with Crippen molar-refractivity contribution in [2.24, 2.45) is 0 Å². The van der Waals surface area contributed by atoms with Crippen LogP contribution in [0.2, 0.25) is 0 Å². The molecule has 0 aliphatic carbocycles. The zero-order chi connectivity index (χ0) is 11.4. The number of H-pyrrole nitrogens is 1. The van der Waals surface area contributed by atoms with Gasteiger partial charge in [0.05, 0.1) is 0 Å². The Balaban J connectivity index is 2.02. The molecule has 2 heterocycles. The summed E-state index contributed by atoms with van der Waals surface area (Å²) >= 11 is 0. The average Bonchev–Trinajstić information content (AvgIpc) is 2.31. The van der Waals surface area contributed by atoms with E-state index in [0.717, 1.165) is 25.9 Å². The number of hydrazine groups is 1. The lowest BCUT2D eigenvalue weighted by Gasteiger charge is -2.26. The molecule has 1 aliphatic rings. The van der Waals surface area contributed by atoms with Gasteiger partial charge in [0.2, 0.25) is 0 Å². The van der Waals surface area contributed by atoms with Crippen LogP contribution in [0.4, 0.5) is 0 Å². The smallest absolute Gasteiger partial charge is 0.271 e. The van der Waals surface area contributed by atoms with Crippen molar-refractivity contribution >= 4 is 5.91 Å². The predicted octanol–water partition coefficient (Wildman–Crippen LogP) is 0.506. The molecule has 2 N–H and O–H groups in total. The molecule has 1 fully saturated rings. The molecular weight excluding hydrogens is 206 g/mol. The lowest BCUT2D eigenvalue weighted by atomic mass is 10.2. The summed E-state index contributed by atoms with van der Waals surface area (Å²) in [6, 6.07) is 1.35. The number of pyridine rings is 1. The SMILES string of the molecule is O=C(NN1CCCCC1)c1c[nH]ccc1=O. The van der Waals surface area contributed by atoms with Crippen LogP contribution in [0.1, 0.15) is 29.6 Å². The summed E-state index contributed by atoms with van der Waals surface area (Å²) in [4.78, 5) is 25.9. The van der Waals surface area contributed by atoms with Crippen LogP contribution in [0.5, 0.6) is 0 Å². The third-order valence-electron chi connectivity index (χ3n) is 2.68. The van der Waals surface area contributed by atoms with E-state index in [4.69, 9.17) is 0 Å². The van der Waals surface area contributed by atoms with E-state index in [1.54, 1.807) is 0 Å². The van der Waals surface area contributed by atoms with E-state index in [-0.39, 0.29) is 16.9 Å². The van der Waals surface area contributed by atoms with E-state index < -0.39 is 0 Å². The fourth-order valence-corrected chi connectivity index (χ4v) is 1.80. The number of hydrogen-bond donors (Lipinski definition) is 2. The Kier molecular flexibility index (Phi) is 3.36. The van der Waals surface area contributed by atoms with Gasteiger partial charge in [-0.3, -0.25) is 15.0 Å². The minimum atomic E-state index is -0.330. The number of hydrogen-bond acceptors (Lipinski definition) is 3. The molecule has 0 atom stereocenters. The molecule has 0 spiro atoms. The topological polar surface area (TPSA) is 65.2 Å². The maximum Gasteiger partial charge on any atom is 0.271 e. The summed E-state index contributed by atoms with van der Waals surface area (Å²) in [5.41, 5.74) is 2.65. The number of amides is 1. The molecule has 0 aromatic carbocycles. The number of carbonyl (C=O) groups is 1. The first-order valence-electron chi connectivity index (χ1n) is 5.50. The Hall–Kier alpha value is -1.62. The predicted molar refractivity (Wildman–Crippen MR) is 60.0 cm³/mol. The number of piperidine rings is 1. The average molecular weight is 221 g/mol. The zero-order valence-corrected chi connectivity index (χ0v) is 9.03. The van der Waals surface area contributed by atoms with Crippen LogP contribution >= 0.6 is 0 Å². The first kappa shape index (κ1) is 10.9. The lowest BCUT2D eigenvalue weighted by Crippen LogP contribution is -2.46. The van der Waals surface area contributed by atoms with Gasteiger partial charge in [-0.15, -0.1) is 0 Å². The minimum Gasteiger partial charge on any atom is -0.367 e. The molecule has 1 aromatic heterocycles. The molecule has 16 heavy (non-hydrogen) atoms. The van der Waals surface area contributed by atoms with Crippen LogP contribution < -0.4 is 10.9 Å². The quantitative estimate of drug-likeness (QED) is 0.764. The maximum atomic E-state index is 11.8. The summed E-state index contributed by atoms with van der Waals surface area (Å²) in [7, 11) is 0. The molecule has 86 valence electrons. The summed E-state index contributed by atoms with van der Waals surface area (Å²) in [6.07, 6.45) is 6.33. The molecule has 1 aliphatic heterocycles. The molecule has 1 amide bonds. The highest BCUT2D eigenvalue weighted by Crippen LogP contribution is 2.06. The fraction of sp³-hybridized carbons (Fsp3) is 0.455. The molecule has 0 bridgehead atoms. The van der Waals surface area contributed by atoms with Crippen molar-refractivity contribution in [2.45, 2.75) is 19.3 Å². The van der Waals surface area contributed by atoms with Gasteiger partial charge in [-0.05, 0) is 12.8 Å². The van der Waals surface area contributed by atoms with Crippen molar-refractivity contribution < 1.29 is 4.79 Å². The van der Waals surface area contributed by atoms with Gasteiger partial charge in [0.25, 0.3) is 5.91 Å². The summed E-state index contributed by atoms with van der Waals surface area (Å²) in [5.74, 6) is -0.330. The van der Waals surface area contributed by atoms with Crippen molar-refractivity contribution in [3.63, 3.8) is 0 Å². The molecule has 1 aromatic rings. The highest BCUT2D eigenvalue weighted by molar-refractivity contribution is 5.93. The fourth-order valence-electron chi connectivity index (χ4n) is 1.80. The standard InChI is InChI=1S/C11H15N3O2/c15-10-4-5-12-8-9(10)11(16)13-14-6-2-1-3-7-14/h4-5,8H,1-3,6-7H2,(H,12,15)(H,13,16). The monoisotopic (exact) mass is 221 g/mol. The number of rotatable bonds is 2. The van der Waals surface area contributed by atoms with E-state index in [2.05, 4.69) is 10.4 Å². The van der Waals surface area contributed by atoms with Gasteiger partial charge in [0, 0.05) is 31.5 Å². The van der Waals surface area contributed by atoms with E-state index in [1.807, 2.05) is 5.01 Å². The molecular formula is C11H15N3O2. The van der Waals surface area contributed by atoms with E-state index in [0.29, 0.717) is 0 Å². The van der Waals surface area contributed by atoms with Crippen LogP contribution in [0.15, 0.2) is 23.3 Å². The Morgan fingerprint density at radius 1 is 1.31 bits per heavy atom. The Labute approximate surface area is 93.4 Å². The highest BCUT2D eigenvalue weighted by atomic mass is 16.2. The van der Waals surface area contributed by atoms with E-state index in [1.165, 1.54) is 24.9 Å². The molecule has 0 radical (unpaired) electrons. The number of aromatic nitrogens is 1. The van der Waals surface area contributed by atoms with Gasteiger partial charge in [-0.25, -0.2) is 5.01 Å². The van der Waals surface area contributed by atoms with Gasteiger partial charge < -0.3 is 4.98 Å². The van der Waals surface area contributed by atoms with Crippen molar-refractivity contribution in [2.75, 3.05) is 13.1 Å². The first-order chi connectivity index (χ1) is 7.77. The van der Waals surface area contributed by atoms with Crippen molar-refractivity contribution in [3.05, 3.63) is 34.2 Å². The van der Waals surface area contributed by atoms with Gasteiger partial charge in [-0.2, -0.15) is 0 Å². The lowest BCUT2D eigenvalue weighted by molar-refractivity contribution is 0.0748. The number of nitrogens with zero attached hydrogens (tertiary/aromatic N) is 1. The summed E-state index contributed by atoms with van der Waals surface area (Å²) < 4.78 is 0. The largest absolute Gasteiger partial charge is 0.367 e. The summed E-state index contributed by atoms with van der Waals surface area (Å²) in [6.45, 7) is 1.72. The molecule has 0 saturated carbocycles. The maximum absolute atomic E-state index is 11.8. The van der Waals surface area contributed by atoms with Crippen LogP contribution in [-0.4, -0.2) is 29.0 Å². The second-order valence-electron chi connectivity index (χ2n) is 3.91. The number of aromatic amines is 1. The Morgan fingerprint density at radius 3 is 2.75 bits per heavy atom. The molecule has 1 saturated heterocycles. The second kappa shape index (κ2) is 4.94. The highest BCUT2D eigenvalue weighted by Gasteiger charge is 2.15. The number of carbonyl (C=O) groups excluding carboxylic acids is 1. The van der Waals surface area contributed by atoms with Crippen LogP contribution in [0.25, 0.3) is 0 Å². The third-order valence-corrected chi connectivity index (χ3v) is 2.68. The van der Waals surface area contributed by atoms with Crippen LogP contribution in [-0.2, 0) is 0 Å². The third kappa shape index (κ3) is 2.49. The summed E-state index contributed by atoms with van der Waals surface area (Å²) in [5, 5.41) is 1.87. The Bertz CT molecular complexity index is 421. The van der Waals surface area contributed by atoms with Gasteiger partial charge >= 0.3 is 0 Å². The second-order valence-corrected chi connectivity index (χ2v) is 3.91. The molecule has 5 nitrogen and oxygen atoms in total. The van der Waals surface area contributed by atoms with Gasteiger partial charge in [0.15, 0.2) is 5.43 Å². The van der Waals surface area contributed by atoms with Crippen molar-refractivity contribution in [3.8, 4) is 0 Å². The van der Waals surface area contributed by atoms with Crippen LogP contribution in [0.3, 0.4) is 0 Å². The normalized spacial score (nSPS) is 17.0. The first-order valence-corrected chi connectivity index (χ1v) is 5.50. The van der Waals surface area contributed by atoms with Crippen molar-refractivity contribution in [1.29, 1.82) is 0 Å².